The standard InChI is InChI=1S/C21H24Cl2O3/c1-3-4-5-6-7-12-25-17-10-8-16(9-11-17)21(24)26-18-13-19(22)15(2)20(23)14-18/h8-11,13-14H,3-7,12H2,1-2H3. The number of benzene rings is 2. The molecule has 0 spiro atoms. The Morgan fingerprint density at radius 3 is 2.15 bits per heavy atom. The minimum absolute atomic E-state index is 0.322. The second-order valence-electron chi connectivity index (χ2n) is 6.19. The summed E-state index contributed by atoms with van der Waals surface area (Å²) in [7, 11) is 0. The molecule has 0 atom stereocenters. The number of hydrogen-bond donors (Lipinski definition) is 0. The van der Waals surface area contributed by atoms with E-state index in [-0.39, 0.29) is 0 Å². The van der Waals surface area contributed by atoms with Crippen molar-refractivity contribution in [3.05, 3.63) is 57.6 Å². The van der Waals surface area contributed by atoms with Crippen molar-refractivity contribution in [2.45, 2.75) is 46.0 Å². The molecule has 0 aromatic heterocycles. The van der Waals surface area contributed by atoms with E-state index in [1.54, 1.807) is 43.3 Å². The van der Waals surface area contributed by atoms with Gasteiger partial charge in [-0.3, -0.25) is 0 Å². The molecule has 0 aliphatic carbocycles. The second-order valence-corrected chi connectivity index (χ2v) is 7.00. The lowest BCUT2D eigenvalue weighted by molar-refractivity contribution is 0.0735. The maximum absolute atomic E-state index is 12.2. The van der Waals surface area contributed by atoms with Crippen molar-refractivity contribution in [2.24, 2.45) is 0 Å². The number of hydrogen-bond acceptors (Lipinski definition) is 3. The van der Waals surface area contributed by atoms with Crippen LogP contribution in [0.2, 0.25) is 10.0 Å². The highest BCUT2D eigenvalue weighted by Gasteiger charge is 2.11. The average molecular weight is 395 g/mol. The zero-order chi connectivity index (χ0) is 18.9. The van der Waals surface area contributed by atoms with Crippen molar-refractivity contribution in [1.29, 1.82) is 0 Å². The van der Waals surface area contributed by atoms with Crippen LogP contribution in [0.25, 0.3) is 0 Å². The first kappa shape index (κ1) is 20.6. The highest BCUT2D eigenvalue weighted by molar-refractivity contribution is 6.36. The molecule has 0 bridgehead atoms. The van der Waals surface area contributed by atoms with Gasteiger partial charge in [0.05, 0.1) is 12.2 Å². The fraction of sp³-hybridized carbons (Fsp3) is 0.381. The number of unbranched alkanes of at least 4 members (excludes halogenated alkanes) is 4. The Morgan fingerprint density at radius 1 is 0.923 bits per heavy atom. The highest BCUT2D eigenvalue weighted by atomic mass is 35.5. The van der Waals surface area contributed by atoms with Crippen molar-refractivity contribution in [3.63, 3.8) is 0 Å². The zero-order valence-electron chi connectivity index (χ0n) is 15.2. The van der Waals surface area contributed by atoms with Crippen LogP contribution >= 0.6 is 23.2 Å². The molecule has 0 N–H and O–H groups in total. The smallest absolute Gasteiger partial charge is 0.343 e. The first-order valence-electron chi connectivity index (χ1n) is 8.92. The van der Waals surface area contributed by atoms with Gasteiger partial charge in [0.25, 0.3) is 0 Å². The van der Waals surface area contributed by atoms with Crippen LogP contribution in [0.4, 0.5) is 0 Å². The van der Waals surface area contributed by atoms with E-state index < -0.39 is 5.97 Å². The molecule has 0 saturated carbocycles. The summed E-state index contributed by atoms with van der Waals surface area (Å²) in [5.41, 5.74) is 1.19. The highest BCUT2D eigenvalue weighted by Crippen LogP contribution is 2.30. The van der Waals surface area contributed by atoms with E-state index in [1.165, 1.54) is 25.7 Å². The summed E-state index contributed by atoms with van der Waals surface area (Å²) in [6.07, 6.45) is 5.98. The van der Waals surface area contributed by atoms with Crippen LogP contribution in [0, 0.1) is 6.92 Å². The summed E-state index contributed by atoms with van der Waals surface area (Å²) in [5, 5.41) is 0.922. The Hall–Kier alpha value is -1.71. The van der Waals surface area contributed by atoms with Gasteiger partial charge in [-0.1, -0.05) is 55.8 Å². The van der Waals surface area contributed by atoms with Crippen LogP contribution in [0.3, 0.4) is 0 Å². The van der Waals surface area contributed by atoms with Gasteiger partial charge in [0.15, 0.2) is 0 Å². The van der Waals surface area contributed by atoms with Crippen LogP contribution in [-0.4, -0.2) is 12.6 Å². The quantitative estimate of drug-likeness (QED) is 0.264. The van der Waals surface area contributed by atoms with Crippen LogP contribution in [0.5, 0.6) is 11.5 Å². The van der Waals surface area contributed by atoms with E-state index in [0.717, 1.165) is 17.7 Å². The van der Waals surface area contributed by atoms with Crippen molar-refractivity contribution in [3.8, 4) is 11.5 Å². The maximum atomic E-state index is 12.2. The van der Waals surface area contributed by atoms with E-state index in [4.69, 9.17) is 32.7 Å². The predicted molar refractivity (Wildman–Crippen MR) is 107 cm³/mol. The number of halogens is 2. The first-order chi connectivity index (χ1) is 12.5. The molecule has 2 aromatic rings. The molecular formula is C21H24Cl2O3. The molecule has 26 heavy (non-hydrogen) atoms. The van der Waals surface area contributed by atoms with Gasteiger partial charge in [-0.15, -0.1) is 0 Å². The van der Waals surface area contributed by atoms with Crippen LogP contribution in [-0.2, 0) is 0 Å². The topological polar surface area (TPSA) is 35.5 Å². The van der Waals surface area contributed by atoms with Crippen molar-refractivity contribution in [1.82, 2.24) is 0 Å². The van der Waals surface area contributed by atoms with Gasteiger partial charge in [0, 0.05) is 10.0 Å². The predicted octanol–water partition coefficient (Wildman–Crippen LogP) is 6.87. The van der Waals surface area contributed by atoms with E-state index in [2.05, 4.69) is 6.92 Å². The largest absolute Gasteiger partial charge is 0.494 e. The van der Waals surface area contributed by atoms with Crippen molar-refractivity contribution in [2.75, 3.05) is 6.61 Å². The summed E-state index contributed by atoms with van der Waals surface area (Å²) in [6.45, 7) is 4.69. The Bertz CT molecular complexity index is 704. The van der Waals surface area contributed by atoms with Gasteiger partial charge >= 0.3 is 5.97 Å². The molecule has 3 nitrogen and oxygen atoms in total. The first-order valence-corrected chi connectivity index (χ1v) is 9.67. The summed E-state index contributed by atoms with van der Waals surface area (Å²) < 4.78 is 11.0. The van der Waals surface area contributed by atoms with Crippen LogP contribution in [0.15, 0.2) is 36.4 Å². The summed E-state index contributed by atoms with van der Waals surface area (Å²) >= 11 is 12.1. The lowest BCUT2D eigenvalue weighted by Crippen LogP contribution is -2.08. The van der Waals surface area contributed by atoms with E-state index in [9.17, 15) is 4.79 Å². The average Bonchev–Trinajstić information content (AvgIpc) is 2.63. The third kappa shape index (κ3) is 6.22. The maximum Gasteiger partial charge on any atom is 0.343 e. The SMILES string of the molecule is CCCCCCCOc1ccc(C(=O)Oc2cc(Cl)c(C)c(Cl)c2)cc1. The van der Waals surface area contributed by atoms with Crippen LogP contribution < -0.4 is 9.47 Å². The summed E-state index contributed by atoms with van der Waals surface area (Å²) in [5.74, 6) is 0.605. The molecule has 0 fully saturated rings. The minimum Gasteiger partial charge on any atom is -0.494 e. The number of carbonyl (C=O) groups is 1. The van der Waals surface area contributed by atoms with Gasteiger partial charge in [0.2, 0.25) is 0 Å². The third-order valence-electron chi connectivity index (χ3n) is 4.07. The number of carbonyl (C=O) groups excluding carboxylic acids is 1. The van der Waals surface area contributed by atoms with Gasteiger partial charge < -0.3 is 9.47 Å². The van der Waals surface area contributed by atoms with E-state index in [1.807, 2.05) is 0 Å². The normalized spacial score (nSPS) is 10.6. The van der Waals surface area contributed by atoms with Crippen molar-refractivity contribution < 1.29 is 14.3 Å². The number of esters is 1. The molecule has 2 aromatic carbocycles. The molecule has 0 amide bonds. The van der Waals surface area contributed by atoms with Gasteiger partial charge in [0.1, 0.15) is 11.5 Å². The molecule has 2 rings (SSSR count). The Kier molecular flexibility index (Phi) is 8.27. The molecule has 5 heteroatoms. The lowest BCUT2D eigenvalue weighted by Gasteiger charge is -2.09. The third-order valence-corrected chi connectivity index (χ3v) is 4.86. The van der Waals surface area contributed by atoms with E-state index in [0.29, 0.717) is 28.0 Å². The molecular weight excluding hydrogens is 371 g/mol. The number of ether oxygens (including phenoxy) is 2. The van der Waals surface area contributed by atoms with Gasteiger partial charge in [-0.25, -0.2) is 4.79 Å². The zero-order valence-corrected chi connectivity index (χ0v) is 16.7. The molecule has 140 valence electrons. The molecule has 0 aliphatic heterocycles. The number of rotatable bonds is 9. The van der Waals surface area contributed by atoms with E-state index >= 15 is 0 Å². The summed E-state index contributed by atoms with van der Waals surface area (Å²) in [4.78, 5) is 12.2. The van der Waals surface area contributed by atoms with Gasteiger partial charge in [-0.2, -0.15) is 0 Å². The second kappa shape index (κ2) is 10.4. The molecule has 0 heterocycles. The Labute approximate surface area is 165 Å². The van der Waals surface area contributed by atoms with Crippen molar-refractivity contribution >= 4 is 29.2 Å². The van der Waals surface area contributed by atoms with Gasteiger partial charge in [-0.05, 0) is 55.3 Å². The molecule has 0 aliphatic rings. The Balaban J connectivity index is 1.86. The lowest BCUT2D eigenvalue weighted by atomic mass is 10.2. The molecule has 0 unspecified atom stereocenters. The molecule has 0 saturated heterocycles. The fourth-order valence-electron chi connectivity index (χ4n) is 2.43. The molecule has 0 radical (unpaired) electrons. The summed E-state index contributed by atoms with van der Waals surface area (Å²) in [6, 6.07) is 10.1. The minimum atomic E-state index is -0.466. The Morgan fingerprint density at radius 2 is 1.54 bits per heavy atom. The fourth-order valence-corrected chi connectivity index (χ4v) is 2.90. The monoisotopic (exact) mass is 394 g/mol. The van der Waals surface area contributed by atoms with Crippen LogP contribution in [0.1, 0.15) is 54.9 Å².